The van der Waals surface area contributed by atoms with Crippen molar-refractivity contribution in [3.8, 4) is 0 Å². The highest BCUT2D eigenvalue weighted by molar-refractivity contribution is 7.98. The second-order valence-corrected chi connectivity index (χ2v) is 8.94. The predicted octanol–water partition coefficient (Wildman–Crippen LogP) is 5.83. The van der Waals surface area contributed by atoms with E-state index in [9.17, 15) is 4.79 Å². The molecule has 1 fully saturated rings. The number of nitrogens with one attached hydrogen (secondary N) is 2. The fourth-order valence-electron chi connectivity index (χ4n) is 3.42. The first kappa shape index (κ1) is 18.4. The average Bonchev–Trinajstić information content (AvgIpc) is 3.34. The smallest absolute Gasteiger partial charge is 0.256 e. The molecule has 7 heteroatoms. The number of thioether (sulfide) groups is 1. The lowest BCUT2D eigenvalue weighted by Crippen LogP contribution is -2.13. The number of aromatic amines is 1. The second kappa shape index (κ2) is 8.00. The lowest BCUT2D eigenvalue weighted by Gasteiger charge is -2.22. The van der Waals surface area contributed by atoms with E-state index in [1.807, 2.05) is 53.4 Å². The summed E-state index contributed by atoms with van der Waals surface area (Å²) in [5, 5.41) is 5.07. The van der Waals surface area contributed by atoms with Crippen LogP contribution in [0.5, 0.6) is 0 Å². The SMILES string of the molecule is O=C(Nc1ccc2nc(C3CCC3)[nH]c2c1)c1ccccc1SCc1cscn1. The van der Waals surface area contributed by atoms with Crippen LogP contribution in [-0.2, 0) is 5.75 Å². The molecule has 2 heterocycles. The Bertz CT molecular complexity index is 1150. The third kappa shape index (κ3) is 3.93. The maximum Gasteiger partial charge on any atom is 0.256 e. The van der Waals surface area contributed by atoms with Gasteiger partial charge in [0.1, 0.15) is 5.82 Å². The maximum absolute atomic E-state index is 12.9. The number of carbonyl (C=O) groups excluding carboxylic acids is 1. The Balaban J connectivity index is 1.33. The van der Waals surface area contributed by atoms with Crippen LogP contribution in [0.3, 0.4) is 0 Å². The van der Waals surface area contributed by atoms with Crippen LogP contribution in [0.15, 0.2) is 58.3 Å². The number of carbonyl (C=O) groups is 1. The molecule has 5 rings (SSSR count). The normalized spacial score (nSPS) is 14.1. The van der Waals surface area contributed by atoms with Crippen molar-refractivity contribution in [2.24, 2.45) is 0 Å². The summed E-state index contributed by atoms with van der Waals surface area (Å²) in [7, 11) is 0. The molecule has 2 N–H and O–H groups in total. The van der Waals surface area contributed by atoms with Gasteiger partial charge in [-0.1, -0.05) is 18.6 Å². The summed E-state index contributed by atoms with van der Waals surface area (Å²) in [4.78, 5) is 26.3. The van der Waals surface area contributed by atoms with Crippen molar-refractivity contribution >= 4 is 45.7 Å². The molecule has 2 aromatic heterocycles. The number of aromatic nitrogens is 3. The van der Waals surface area contributed by atoms with Gasteiger partial charge in [-0.3, -0.25) is 4.79 Å². The highest BCUT2D eigenvalue weighted by Gasteiger charge is 2.22. The molecule has 0 atom stereocenters. The summed E-state index contributed by atoms with van der Waals surface area (Å²) >= 11 is 3.21. The van der Waals surface area contributed by atoms with Gasteiger partial charge in [-0.15, -0.1) is 23.1 Å². The Morgan fingerprint density at radius 1 is 1.24 bits per heavy atom. The van der Waals surface area contributed by atoms with Crippen molar-refractivity contribution in [1.82, 2.24) is 15.0 Å². The summed E-state index contributed by atoms with van der Waals surface area (Å²) in [6.45, 7) is 0. The molecule has 146 valence electrons. The van der Waals surface area contributed by atoms with E-state index in [0.29, 0.717) is 11.5 Å². The standard InChI is InChI=1S/C22H20N4OS2/c27-22(17-6-1-2-7-20(17)29-12-16-11-28-13-23-16)24-15-8-9-18-19(10-15)26-21(25-18)14-4-3-5-14/h1-2,6-11,13-14H,3-5,12H2,(H,24,27)(H,25,26). The molecule has 0 spiro atoms. The average molecular weight is 421 g/mol. The van der Waals surface area contributed by atoms with Crippen LogP contribution in [0.4, 0.5) is 5.69 Å². The molecule has 0 aliphatic heterocycles. The van der Waals surface area contributed by atoms with Gasteiger partial charge >= 0.3 is 0 Å². The van der Waals surface area contributed by atoms with Gasteiger partial charge in [-0.05, 0) is 43.2 Å². The molecule has 4 aromatic rings. The van der Waals surface area contributed by atoms with Gasteiger partial charge in [0.15, 0.2) is 0 Å². The zero-order valence-electron chi connectivity index (χ0n) is 15.7. The topological polar surface area (TPSA) is 70.7 Å². The van der Waals surface area contributed by atoms with E-state index in [-0.39, 0.29) is 5.91 Å². The van der Waals surface area contributed by atoms with Crippen LogP contribution in [-0.4, -0.2) is 20.9 Å². The summed E-state index contributed by atoms with van der Waals surface area (Å²) < 4.78 is 0. The number of nitrogens with zero attached hydrogens (tertiary/aromatic N) is 2. The monoisotopic (exact) mass is 420 g/mol. The predicted molar refractivity (Wildman–Crippen MR) is 119 cm³/mol. The maximum atomic E-state index is 12.9. The van der Waals surface area contributed by atoms with Crippen LogP contribution < -0.4 is 5.32 Å². The third-order valence-corrected chi connectivity index (χ3v) is 6.98. The summed E-state index contributed by atoms with van der Waals surface area (Å²) in [6.07, 6.45) is 3.69. The molecule has 0 radical (unpaired) electrons. The molecule has 1 amide bonds. The molecule has 2 aromatic carbocycles. The number of hydrogen-bond acceptors (Lipinski definition) is 5. The Labute approximate surface area is 177 Å². The molecule has 1 aliphatic rings. The molecular formula is C22H20N4OS2. The number of H-pyrrole nitrogens is 1. The first-order valence-corrected chi connectivity index (χ1v) is 11.6. The van der Waals surface area contributed by atoms with Gasteiger partial charge in [0, 0.05) is 27.6 Å². The molecule has 29 heavy (non-hydrogen) atoms. The van der Waals surface area contributed by atoms with Crippen molar-refractivity contribution in [3.63, 3.8) is 0 Å². The van der Waals surface area contributed by atoms with Crippen LogP contribution in [0, 0.1) is 0 Å². The fraction of sp³-hybridized carbons (Fsp3) is 0.227. The number of benzene rings is 2. The first-order valence-electron chi connectivity index (χ1n) is 9.66. The van der Waals surface area contributed by atoms with Gasteiger partial charge in [0.25, 0.3) is 5.91 Å². The number of rotatable bonds is 6. The lowest BCUT2D eigenvalue weighted by molar-refractivity contribution is 0.102. The molecule has 0 saturated heterocycles. The van der Waals surface area contributed by atoms with Gasteiger partial charge in [-0.2, -0.15) is 0 Å². The van der Waals surface area contributed by atoms with Crippen LogP contribution in [0.25, 0.3) is 11.0 Å². The van der Waals surface area contributed by atoms with Crippen LogP contribution >= 0.6 is 23.1 Å². The van der Waals surface area contributed by atoms with E-state index in [2.05, 4.69) is 15.3 Å². The Morgan fingerprint density at radius 3 is 2.93 bits per heavy atom. The molecular weight excluding hydrogens is 400 g/mol. The van der Waals surface area contributed by atoms with Crippen molar-refractivity contribution in [3.05, 3.63) is 70.4 Å². The lowest BCUT2D eigenvalue weighted by atomic mass is 9.85. The number of amides is 1. The van der Waals surface area contributed by atoms with Crippen LogP contribution in [0.2, 0.25) is 0 Å². The van der Waals surface area contributed by atoms with Crippen molar-refractivity contribution in [2.75, 3.05) is 5.32 Å². The van der Waals surface area contributed by atoms with Gasteiger partial charge in [0.2, 0.25) is 0 Å². The molecule has 1 saturated carbocycles. The minimum atomic E-state index is -0.107. The van der Waals surface area contributed by atoms with E-state index < -0.39 is 0 Å². The largest absolute Gasteiger partial charge is 0.342 e. The number of anilines is 1. The fourth-order valence-corrected chi connectivity index (χ4v) is 5.04. The second-order valence-electron chi connectivity index (χ2n) is 7.20. The minimum absolute atomic E-state index is 0.107. The van der Waals surface area contributed by atoms with E-state index in [0.717, 1.165) is 38.9 Å². The van der Waals surface area contributed by atoms with Crippen molar-refractivity contribution in [2.45, 2.75) is 35.8 Å². The third-order valence-electron chi connectivity index (χ3n) is 5.24. The van der Waals surface area contributed by atoms with E-state index in [1.165, 1.54) is 19.3 Å². The number of hydrogen-bond donors (Lipinski definition) is 2. The zero-order valence-corrected chi connectivity index (χ0v) is 17.4. The summed E-state index contributed by atoms with van der Waals surface area (Å²) in [6, 6.07) is 13.5. The summed E-state index contributed by atoms with van der Waals surface area (Å²) in [5.74, 6) is 2.27. The van der Waals surface area contributed by atoms with Crippen molar-refractivity contribution in [1.29, 1.82) is 0 Å². The Hall–Kier alpha value is -2.64. The van der Waals surface area contributed by atoms with Gasteiger partial charge in [0.05, 0.1) is 27.8 Å². The molecule has 0 bridgehead atoms. The quantitative estimate of drug-likeness (QED) is 0.385. The van der Waals surface area contributed by atoms with Crippen LogP contribution in [0.1, 0.15) is 47.1 Å². The Morgan fingerprint density at radius 2 is 2.14 bits per heavy atom. The molecule has 5 nitrogen and oxygen atoms in total. The van der Waals surface area contributed by atoms with Gasteiger partial charge in [-0.25, -0.2) is 9.97 Å². The number of imidazole rings is 1. The van der Waals surface area contributed by atoms with Crippen molar-refractivity contribution < 1.29 is 4.79 Å². The highest BCUT2D eigenvalue weighted by atomic mass is 32.2. The zero-order chi connectivity index (χ0) is 19.6. The van der Waals surface area contributed by atoms with Gasteiger partial charge < -0.3 is 10.3 Å². The summed E-state index contributed by atoms with van der Waals surface area (Å²) in [5.41, 5.74) is 6.22. The van der Waals surface area contributed by atoms with E-state index in [1.54, 1.807) is 23.1 Å². The number of fused-ring (bicyclic) bond motifs is 1. The first-order chi connectivity index (χ1) is 14.3. The minimum Gasteiger partial charge on any atom is -0.342 e. The molecule has 0 unspecified atom stereocenters. The molecule has 1 aliphatic carbocycles. The van der Waals surface area contributed by atoms with E-state index >= 15 is 0 Å². The highest BCUT2D eigenvalue weighted by Crippen LogP contribution is 2.35. The Kier molecular flexibility index (Phi) is 5.08. The van der Waals surface area contributed by atoms with E-state index in [4.69, 9.17) is 4.98 Å². The number of thiazole rings is 1.